The lowest BCUT2D eigenvalue weighted by molar-refractivity contribution is 1.14. The predicted octanol–water partition coefficient (Wildman–Crippen LogP) is 2.61. The molecule has 68 valence electrons. The highest BCUT2D eigenvalue weighted by atomic mass is 32.1. The molecule has 3 heteroatoms. The van der Waals surface area contributed by atoms with Gasteiger partial charge in [-0.05, 0) is 17.7 Å². The molecule has 2 aromatic rings. The van der Waals surface area contributed by atoms with Crippen LogP contribution in [0.4, 0.5) is 0 Å². The number of nitriles is 1. The summed E-state index contributed by atoms with van der Waals surface area (Å²) in [6, 6.07) is 9.72. The van der Waals surface area contributed by atoms with Crippen LogP contribution < -0.4 is 0 Å². The van der Waals surface area contributed by atoms with E-state index in [1.807, 2.05) is 35.8 Å². The number of hydrogen-bond acceptors (Lipinski definition) is 3. The van der Waals surface area contributed by atoms with Crippen LogP contribution in [0.1, 0.15) is 16.1 Å². The van der Waals surface area contributed by atoms with E-state index in [1.165, 1.54) is 5.56 Å². The van der Waals surface area contributed by atoms with Crippen molar-refractivity contribution in [1.29, 1.82) is 5.26 Å². The Balaban J connectivity index is 2.15. The third kappa shape index (κ3) is 1.98. The number of benzene rings is 1. The summed E-state index contributed by atoms with van der Waals surface area (Å²) in [6.07, 6.45) is 2.66. The molecule has 0 atom stereocenters. The summed E-state index contributed by atoms with van der Waals surface area (Å²) < 4.78 is 0. The fourth-order valence-corrected chi connectivity index (χ4v) is 1.86. The zero-order valence-corrected chi connectivity index (χ0v) is 8.29. The minimum Gasteiger partial charge on any atom is -0.249 e. The Morgan fingerprint density at radius 1 is 1.29 bits per heavy atom. The maximum absolute atomic E-state index is 8.62. The zero-order chi connectivity index (χ0) is 9.80. The fourth-order valence-electron chi connectivity index (χ4n) is 1.21. The lowest BCUT2D eigenvalue weighted by Crippen LogP contribution is -1.86. The Morgan fingerprint density at radius 3 is 2.64 bits per heavy atom. The Bertz CT molecular complexity index is 437. The van der Waals surface area contributed by atoms with Gasteiger partial charge in [-0.25, -0.2) is 4.98 Å². The summed E-state index contributed by atoms with van der Waals surface area (Å²) in [7, 11) is 0. The first-order valence-electron chi connectivity index (χ1n) is 4.26. The van der Waals surface area contributed by atoms with Gasteiger partial charge in [0.15, 0.2) is 0 Å². The predicted molar refractivity (Wildman–Crippen MR) is 56.1 cm³/mol. The summed E-state index contributed by atoms with van der Waals surface area (Å²) in [5.41, 5.74) is 1.90. The van der Waals surface area contributed by atoms with Gasteiger partial charge in [0.25, 0.3) is 0 Å². The second-order valence-electron chi connectivity index (χ2n) is 2.91. The van der Waals surface area contributed by atoms with E-state index in [0.29, 0.717) is 5.56 Å². The first-order valence-corrected chi connectivity index (χ1v) is 5.14. The average Bonchev–Trinajstić information content (AvgIpc) is 2.72. The Morgan fingerprint density at radius 2 is 2.07 bits per heavy atom. The maximum Gasteiger partial charge on any atom is 0.0991 e. The highest BCUT2D eigenvalue weighted by Crippen LogP contribution is 2.12. The van der Waals surface area contributed by atoms with Gasteiger partial charge < -0.3 is 0 Å². The molecule has 2 rings (SSSR count). The largest absolute Gasteiger partial charge is 0.249 e. The third-order valence-electron chi connectivity index (χ3n) is 1.92. The number of nitrogens with zero attached hydrogens (tertiary/aromatic N) is 2. The molecule has 14 heavy (non-hydrogen) atoms. The van der Waals surface area contributed by atoms with E-state index in [1.54, 1.807) is 11.3 Å². The number of rotatable bonds is 2. The van der Waals surface area contributed by atoms with E-state index in [9.17, 15) is 0 Å². The van der Waals surface area contributed by atoms with Crippen molar-refractivity contribution in [3.05, 3.63) is 52.0 Å². The molecule has 0 spiro atoms. The summed E-state index contributed by atoms with van der Waals surface area (Å²) in [5, 5.41) is 11.7. The normalized spacial score (nSPS) is 9.64. The number of thiazole rings is 1. The molecule has 0 saturated carbocycles. The highest BCUT2D eigenvalue weighted by Gasteiger charge is 1.98. The fraction of sp³-hybridized carbons (Fsp3) is 0.0909. The topological polar surface area (TPSA) is 36.7 Å². The van der Waals surface area contributed by atoms with Crippen LogP contribution in [-0.4, -0.2) is 4.98 Å². The third-order valence-corrected chi connectivity index (χ3v) is 2.70. The second-order valence-corrected chi connectivity index (χ2v) is 3.89. The average molecular weight is 200 g/mol. The van der Waals surface area contributed by atoms with Gasteiger partial charge in [-0.2, -0.15) is 5.26 Å². The van der Waals surface area contributed by atoms with Crippen LogP contribution in [0.25, 0.3) is 0 Å². The summed E-state index contributed by atoms with van der Waals surface area (Å²) >= 11 is 1.65. The standard InChI is InChI=1S/C11H8N2S/c12-8-10-3-1-9(2-4-10)7-11-13-5-6-14-11/h1-6H,7H2. The molecule has 0 amide bonds. The van der Waals surface area contributed by atoms with Gasteiger partial charge >= 0.3 is 0 Å². The van der Waals surface area contributed by atoms with Crippen LogP contribution in [0.2, 0.25) is 0 Å². The maximum atomic E-state index is 8.62. The zero-order valence-electron chi connectivity index (χ0n) is 7.47. The molecule has 1 aromatic heterocycles. The van der Waals surface area contributed by atoms with E-state index in [-0.39, 0.29) is 0 Å². The molecule has 0 bridgehead atoms. The molecular weight excluding hydrogens is 192 g/mol. The van der Waals surface area contributed by atoms with E-state index in [4.69, 9.17) is 5.26 Å². The monoisotopic (exact) mass is 200 g/mol. The van der Waals surface area contributed by atoms with Crippen molar-refractivity contribution < 1.29 is 0 Å². The van der Waals surface area contributed by atoms with Crippen LogP contribution in [0.5, 0.6) is 0 Å². The van der Waals surface area contributed by atoms with Crippen LogP contribution in [0.15, 0.2) is 35.8 Å². The minimum absolute atomic E-state index is 0.702. The van der Waals surface area contributed by atoms with Crippen molar-refractivity contribution in [3.8, 4) is 6.07 Å². The van der Waals surface area contributed by atoms with E-state index < -0.39 is 0 Å². The van der Waals surface area contributed by atoms with Gasteiger partial charge in [-0.15, -0.1) is 11.3 Å². The smallest absolute Gasteiger partial charge is 0.0991 e. The number of aromatic nitrogens is 1. The van der Waals surface area contributed by atoms with Crippen LogP contribution in [0.3, 0.4) is 0 Å². The SMILES string of the molecule is N#Cc1ccc(Cc2nccs2)cc1. The molecule has 1 aromatic carbocycles. The van der Waals surface area contributed by atoms with Gasteiger partial charge in [0.2, 0.25) is 0 Å². The molecule has 0 saturated heterocycles. The van der Waals surface area contributed by atoms with Crippen molar-refractivity contribution in [2.45, 2.75) is 6.42 Å². The van der Waals surface area contributed by atoms with E-state index in [2.05, 4.69) is 11.1 Å². The minimum atomic E-state index is 0.702. The molecule has 2 nitrogen and oxygen atoms in total. The lowest BCUT2D eigenvalue weighted by Gasteiger charge is -1.97. The van der Waals surface area contributed by atoms with Crippen molar-refractivity contribution >= 4 is 11.3 Å². The molecule has 0 N–H and O–H groups in total. The Hall–Kier alpha value is -1.66. The van der Waals surface area contributed by atoms with Gasteiger partial charge in [0.05, 0.1) is 16.6 Å². The van der Waals surface area contributed by atoms with Gasteiger partial charge in [-0.1, -0.05) is 12.1 Å². The molecule has 0 radical (unpaired) electrons. The van der Waals surface area contributed by atoms with Crippen molar-refractivity contribution in [3.63, 3.8) is 0 Å². The first kappa shape index (κ1) is 8.92. The molecule has 0 aliphatic carbocycles. The first-order chi connectivity index (χ1) is 6.88. The highest BCUT2D eigenvalue weighted by molar-refractivity contribution is 7.09. The van der Waals surface area contributed by atoms with Gasteiger partial charge in [-0.3, -0.25) is 0 Å². The Labute approximate surface area is 86.5 Å². The quantitative estimate of drug-likeness (QED) is 0.747. The van der Waals surface area contributed by atoms with Crippen molar-refractivity contribution in [2.24, 2.45) is 0 Å². The van der Waals surface area contributed by atoms with Crippen LogP contribution in [-0.2, 0) is 6.42 Å². The second kappa shape index (κ2) is 4.03. The summed E-state index contributed by atoms with van der Waals surface area (Å²) in [4.78, 5) is 4.21. The molecule has 0 aliphatic heterocycles. The van der Waals surface area contributed by atoms with Crippen molar-refractivity contribution in [1.82, 2.24) is 4.98 Å². The molecule has 0 unspecified atom stereocenters. The molecule has 0 fully saturated rings. The van der Waals surface area contributed by atoms with Crippen molar-refractivity contribution in [2.75, 3.05) is 0 Å². The van der Waals surface area contributed by atoms with Gasteiger partial charge in [0, 0.05) is 18.0 Å². The lowest BCUT2D eigenvalue weighted by atomic mass is 10.1. The molecule has 1 heterocycles. The van der Waals surface area contributed by atoms with E-state index >= 15 is 0 Å². The molecular formula is C11H8N2S. The Kier molecular flexibility index (Phi) is 2.57. The van der Waals surface area contributed by atoms with Crippen LogP contribution in [0, 0.1) is 11.3 Å². The van der Waals surface area contributed by atoms with Gasteiger partial charge in [0.1, 0.15) is 0 Å². The molecule has 0 aliphatic rings. The van der Waals surface area contributed by atoms with Crippen LogP contribution >= 0.6 is 11.3 Å². The summed E-state index contributed by atoms with van der Waals surface area (Å²) in [6.45, 7) is 0. The number of hydrogen-bond donors (Lipinski definition) is 0. The van der Waals surface area contributed by atoms with E-state index in [0.717, 1.165) is 11.4 Å². The summed E-state index contributed by atoms with van der Waals surface area (Å²) in [5.74, 6) is 0.